The number of hydrogen-bond donors (Lipinski definition) is 1. The van der Waals surface area contributed by atoms with E-state index in [1.54, 1.807) is 7.11 Å². The van der Waals surface area contributed by atoms with Gasteiger partial charge in [0.1, 0.15) is 11.6 Å². The van der Waals surface area contributed by atoms with Crippen molar-refractivity contribution in [3.8, 4) is 0 Å². The summed E-state index contributed by atoms with van der Waals surface area (Å²) >= 11 is 3.37. The molecule has 0 bridgehead atoms. The molecule has 0 fully saturated rings. The number of aromatic nitrogens is 2. The van der Waals surface area contributed by atoms with Gasteiger partial charge in [0.2, 0.25) is 0 Å². The van der Waals surface area contributed by atoms with Crippen LogP contribution in [-0.2, 0) is 17.8 Å². The Balaban J connectivity index is 2.28. The summed E-state index contributed by atoms with van der Waals surface area (Å²) in [5.74, 6) is 1.15. The first-order valence-corrected chi connectivity index (χ1v) is 6.33. The molecule has 2 N–H and O–H groups in total. The van der Waals surface area contributed by atoms with Gasteiger partial charge in [-0.15, -0.1) is 0 Å². The third-order valence-electron chi connectivity index (χ3n) is 2.48. The van der Waals surface area contributed by atoms with Gasteiger partial charge in [0, 0.05) is 13.5 Å². The molecule has 94 valence electrons. The highest BCUT2D eigenvalue weighted by molar-refractivity contribution is 9.10. The van der Waals surface area contributed by atoms with Crippen LogP contribution < -0.4 is 5.73 Å². The fourth-order valence-electron chi connectivity index (χ4n) is 1.66. The van der Waals surface area contributed by atoms with Crippen molar-refractivity contribution in [3.05, 3.63) is 51.9 Å². The minimum atomic E-state index is 0.412. The Labute approximate surface area is 114 Å². The maximum absolute atomic E-state index is 5.85. The largest absolute Gasteiger partial charge is 0.383 e. The number of benzene rings is 1. The monoisotopic (exact) mass is 307 g/mol. The second kappa shape index (κ2) is 5.93. The molecule has 4 nitrogen and oxygen atoms in total. The molecule has 0 amide bonds. The molecule has 2 aromatic rings. The van der Waals surface area contributed by atoms with Crippen molar-refractivity contribution in [3.63, 3.8) is 0 Å². The number of anilines is 1. The zero-order valence-electron chi connectivity index (χ0n) is 10.1. The van der Waals surface area contributed by atoms with E-state index in [1.807, 2.05) is 30.3 Å². The minimum Gasteiger partial charge on any atom is -0.383 e. The van der Waals surface area contributed by atoms with E-state index in [4.69, 9.17) is 10.5 Å². The summed E-state index contributed by atoms with van der Waals surface area (Å²) < 4.78 is 5.80. The smallest absolute Gasteiger partial charge is 0.141 e. The molecule has 0 saturated carbocycles. The molecular formula is C13H14BrN3O. The van der Waals surface area contributed by atoms with Gasteiger partial charge in [0.25, 0.3) is 0 Å². The lowest BCUT2D eigenvalue weighted by atomic mass is 10.1. The summed E-state index contributed by atoms with van der Waals surface area (Å²) in [6.45, 7) is 0.412. The Morgan fingerprint density at radius 1 is 1.22 bits per heavy atom. The Bertz CT molecular complexity index is 531. The average molecular weight is 308 g/mol. The van der Waals surface area contributed by atoms with Crippen molar-refractivity contribution < 1.29 is 4.74 Å². The van der Waals surface area contributed by atoms with E-state index in [-0.39, 0.29) is 0 Å². The second-order valence-corrected chi connectivity index (χ2v) is 4.67. The fourth-order valence-corrected chi connectivity index (χ4v) is 1.95. The Hall–Kier alpha value is -1.46. The molecule has 5 heteroatoms. The van der Waals surface area contributed by atoms with Gasteiger partial charge in [0.15, 0.2) is 0 Å². The van der Waals surface area contributed by atoms with E-state index in [0.717, 1.165) is 11.3 Å². The summed E-state index contributed by atoms with van der Waals surface area (Å²) in [6, 6.07) is 10.0. The highest BCUT2D eigenvalue weighted by Gasteiger charge is 2.10. The Kier molecular flexibility index (Phi) is 4.28. The van der Waals surface area contributed by atoms with Crippen molar-refractivity contribution >= 4 is 21.7 Å². The number of nitrogens with two attached hydrogens (primary N) is 1. The van der Waals surface area contributed by atoms with Gasteiger partial charge in [-0.1, -0.05) is 30.3 Å². The minimum absolute atomic E-state index is 0.412. The van der Waals surface area contributed by atoms with E-state index >= 15 is 0 Å². The first-order chi connectivity index (χ1) is 8.70. The van der Waals surface area contributed by atoms with E-state index in [0.29, 0.717) is 29.1 Å². The van der Waals surface area contributed by atoms with Gasteiger partial charge in [-0.3, -0.25) is 0 Å². The second-order valence-electron chi connectivity index (χ2n) is 3.88. The van der Waals surface area contributed by atoms with Crippen molar-refractivity contribution in [1.82, 2.24) is 9.97 Å². The molecule has 0 aliphatic heterocycles. The van der Waals surface area contributed by atoms with Gasteiger partial charge in [-0.25, -0.2) is 9.97 Å². The van der Waals surface area contributed by atoms with Crippen LogP contribution in [0.5, 0.6) is 0 Å². The maximum atomic E-state index is 5.85. The predicted octanol–water partition coefficient (Wildman–Crippen LogP) is 2.56. The highest BCUT2D eigenvalue weighted by Crippen LogP contribution is 2.22. The predicted molar refractivity (Wildman–Crippen MR) is 74.1 cm³/mol. The van der Waals surface area contributed by atoms with Gasteiger partial charge < -0.3 is 10.5 Å². The number of rotatable bonds is 4. The van der Waals surface area contributed by atoms with Crippen LogP contribution in [0.4, 0.5) is 5.82 Å². The van der Waals surface area contributed by atoms with Crippen LogP contribution in [0.1, 0.15) is 17.1 Å². The van der Waals surface area contributed by atoms with Gasteiger partial charge in [-0.05, 0) is 21.5 Å². The van der Waals surface area contributed by atoms with E-state index < -0.39 is 0 Å². The van der Waals surface area contributed by atoms with Gasteiger partial charge >= 0.3 is 0 Å². The van der Waals surface area contributed by atoms with Crippen LogP contribution in [0.25, 0.3) is 0 Å². The molecular weight excluding hydrogens is 294 g/mol. The SMILES string of the molecule is COCc1nc(Cc2ccccc2)nc(N)c1Br. The third kappa shape index (κ3) is 3.05. The van der Waals surface area contributed by atoms with E-state index in [9.17, 15) is 0 Å². The molecule has 2 rings (SSSR count). The number of nitrogens with zero attached hydrogens (tertiary/aromatic N) is 2. The molecule has 0 spiro atoms. The van der Waals surface area contributed by atoms with Gasteiger partial charge in [-0.2, -0.15) is 0 Å². The molecule has 1 aromatic heterocycles. The lowest BCUT2D eigenvalue weighted by Crippen LogP contribution is -2.06. The summed E-state index contributed by atoms with van der Waals surface area (Å²) in [4.78, 5) is 8.73. The Morgan fingerprint density at radius 2 is 1.94 bits per heavy atom. The first kappa shape index (κ1) is 13.0. The van der Waals surface area contributed by atoms with Crippen LogP contribution in [0.3, 0.4) is 0 Å². The summed E-state index contributed by atoms with van der Waals surface area (Å²) in [7, 11) is 1.63. The number of halogens is 1. The lowest BCUT2D eigenvalue weighted by molar-refractivity contribution is 0.180. The topological polar surface area (TPSA) is 61.0 Å². The van der Waals surface area contributed by atoms with Crippen molar-refractivity contribution in [2.45, 2.75) is 13.0 Å². The van der Waals surface area contributed by atoms with Crippen LogP contribution >= 0.6 is 15.9 Å². The maximum Gasteiger partial charge on any atom is 0.141 e. The summed E-state index contributed by atoms with van der Waals surface area (Å²) in [6.07, 6.45) is 0.662. The molecule has 0 saturated heterocycles. The molecule has 0 radical (unpaired) electrons. The molecule has 0 atom stereocenters. The lowest BCUT2D eigenvalue weighted by Gasteiger charge is -2.08. The summed E-state index contributed by atoms with van der Waals surface area (Å²) in [5.41, 5.74) is 7.78. The van der Waals surface area contributed by atoms with Gasteiger partial charge in [0.05, 0.1) is 16.8 Å². The molecule has 0 aliphatic carbocycles. The standard InChI is InChI=1S/C13H14BrN3O/c1-18-8-10-12(14)13(15)17-11(16-10)7-9-5-3-2-4-6-9/h2-6H,7-8H2,1H3,(H2,15,16,17). The quantitative estimate of drug-likeness (QED) is 0.943. The zero-order chi connectivity index (χ0) is 13.0. The normalized spacial score (nSPS) is 10.6. The van der Waals surface area contributed by atoms with Crippen molar-refractivity contribution in [2.24, 2.45) is 0 Å². The number of nitrogen functional groups attached to an aromatic ring is 1. The van der Waals surface area contributed by atoms with E-state index in [2.05, 4.69) is 25.9 Å². The highest BCUT2D eigenvalue weighted by atomic mass is 79.9. The molecule has 0 aliphatic rings. The zero-order valence-corrected chi connectivity index (χ0v) is 11.6. The fraction of sp³-hybridized carbons (Fsp3) is 0.231. The molecule has 1 heterocycles. The van der Waals surface area contributed by atoms with Crippen molar-refractivity contribution in [2.75, 3.05) is 12.8 Å². The number of ether oxygens (including phenoxy) is 1. The molecule has 18 heavy (non-hydrogen) atoms. The van der Waals surface area contributed by atoms with Crippen LogP contribution in [0, 0.1) is 0 Å². The number of hydrogen-bond acceptors (Lipinski definition) is 4. The number of methoxy groups -OCH3 is 1. The van der Waals surface area contributed by atoms with Crippen LogP contribution in [0.2, 0.25) is 0 Å². The average Bonchev–Trinajstić information content (AvgIpc) is 2.37. The first-order valence-electron chi connectivity index (χ1n) is 5.54. The van der Waals surface area contributed by atoms with Crippen LogP contribution in [-0.4, -0.2) is 17.1 Å². The van der Waals surface area contributed by atoms with Crippen molar-refractivity contribution in [1.29, 1.82) is 0 Å². The third-order valence-corrected chi connectivity index (χ3v) is 3.34. The summed E-state index contributed by atoms with van der Waals surface area (Å²) in [5, 5.41) is 0. The van der Waals surface area contributed by atoms with E-state index in [1.165, 1.54) is 0 Å². The Morgan fingerprint density at radius 3 is 2.61 bits per heavy atom. The van der Waals surface area contributed by atoms with Crippen LogP contribution in [0.15, 0.2) is 34.8 Å². The molecule has 0 unspecified atom stereocenters. The molecule has 1 aromatic carbocycles.